The Morgan fingerprint density at radius 1 is 0.545 bits per heavy atom. The molecule has 4 heteroatoms. The SMILES string of the molecule is COc1ccc2c(OC)c3ccccc3c(OC)c2c1OC. The third kappa shape index (κ3) is 1.91. The van der Waals surface area contributed by atoms with E-state index in [1.54, 1.807) is 28.4 Å². The zero-order valence-electron chi connectivity index (χ0n) is 13.1. The molecule has 0 atom stereocenters. The molecule has 0 amide bonds. The van der Waals surface area contributed by atoms with E-state index in [-0.39, 0.29) is 0 Å². The van der Waals surface area contributed by atoms with Crippen molar-refractivity contribution in [1.29, 1.82) is 0 Å². The van der Waals surface area contributed by atoms with Crippen molar-refractivity contribution in [2.45, 2.75) is 0 Å². The third-order valence-corrected chi connectivity index (χ3v) is 3.84. The second-order valence-corrected chi connectivity index (χ2v) is 4.84. The van der Waals surface area contributed by atoms with Crippen LogP contribution in [0.15, 0.2) is 36.4 Å². The minimum Gasteiger partial charge on any atom is -0.495 e. The van der Waals surface area contributed by atoms with Gasteiger partial charge < -0.3 is 18.9 Å². The molecule has 0 N–H and O–H groups in total. The highest BCUT2D eigenvalue weighted by Crippen LogP contribution is 2.49. The highest BCUT2D eigenvalue weighted by molar-refractivity contribution is 6.13. The lowest BCUT2D eigenvalue weighted by Gasteiger charge is -2.18. The Bertz CT molecular complexity index is 839. The summed E-state index contributed by atoms with van der Waals surface area (Å²) in [5.74, 6) is 2.85. The Kier molecular flexibility index (Phi) is 3.67. The summed E-state index contributed by atoms with van der Waals surface area (Å²) in [6.07, 6.45) is 0. The lowest BCUT2D eigenvalue weighted by molar-refractivity contribution is 0.356. The van der Waals surface area contributed by atoms with Gasteiger partial charge in [-0.15, -0.1) is 0 Å². The fraction of sp³-hybridized carbons (Fsp3) is 0.222. The molecule has 0 saturated carbocycles. The van der Waals surface area contributed by atoms with Crippen LogP contribution in [-0.4, -0.2) is 28.4 Å². The second kappa shape index (κ2) is 5.64. The van der Waals surface area contributed by atoms with Crippen LogP contribution in [0.25, 0.3) is 21.5 Å². The summed E-state index contributed by atoms with van der Waals surface area (Å²) in [6.45, 7) is 0. The van der Waals surface area contributed by atoms with Crippen molar-refractivity contribution in [3.8, 4) is 23.0 Å². The monoisotopic (exact) mass is 298 g/mol. The van der Waals surface area contributed by atoms with Gasteiger partial charge in [-0.25, -0.2) is 0 Å². The smallest absolute Gasteiger partial charge is 0.172 e. The van der Waals surface area contributed by atoms with Crippen LogP contribution in [0.5, 0.6) is 23.0 Å². The standard InChI is InChI=1S/C18H18O4/c1-19-14-10-9-13-15(18(14)22-4)17(21-3)12-8-6-5-7-11(12)16(13)20-2/h5-10H,1-4H3. The Morgan fingerprint density at radius 3 is 1.68 bits per heavy atom. The van der Waals surface area contributed by atoms with Crippen molar-refractivity contribution >= 4 is 21.5 Å². The number of rotatable bonds is 4. The first-order valence-electron chi connectivity index (χ1n) is 6.94. The Balaban J connectivity index is 2.61. The zero-order chi connectivity index (χ0) is 15.7. The van der Waals surface area contributed by atoms with E-state index in [9.17, 15) is 0 Å². The molecular formula is C18H18O4. The van der Waals surface area contributed by atoms with Gasteiger partial charge in [-0.2, -0.15) is 0 Å². The molecule has 0 aliphatic carbocycles. The minimum absolute atomic E-state index is 0.640. The van der Waals surface area contributed by atoms with Gasteiger partial charge in [0.25, 0.3) is 0 Å². The van der Waals surface area contributed by atoms with Crippen LogP contribution >= 0.6 is 0 Å². The van der Waals surface area contributed by atoms with E-state index in [2.05, 4.69) is 0 Å². The summed E-state index contributed by atoms with van der Waals surface area (Å²) < 4.78 is 22.3. The van der Waals surface area contributed by atoms with Gasteiger partial charge in [0.05, 0.1) is 33.8 Å². The van der Waals surface area contributed by atoms with Crippen molar-refractivity contribution in [1.82, 2.24) is 0 Å². The van der Waals surface area contributed by atoms with E-state index in [0.717, 1.165) is 33.0 Å². The highest BCUT2D eigenvalue weighted by atomic mass is 16.5. The van der Waals surface area contributed by atoms with Crippen LogP contribution in [0, 0.1) is 0 Å². The molecule has 3 aromatic rings. The van der Waals surface area contributed by atoms with Crippen LogP contribution in [0.2, 0.25) is 0 Å². The van der Waals surface area contributed by atoms with Crippen LogP contribution in [0.1, 0.15) is 0 Å². The molecule has 3 aromatic carbocycles. The Morgan fingerprint density at radius 2 is 1.14 bits per heavy atom. The number of hydrogen-bond acceptors (Lipinski definition) is 4. The lowest BCUT2D eigenvalue weighted by Crippen LogP contribution is -1.97. The second-order valence-electron chi connectivity index (χ2n) is 4.84. The molecule has 4 nitrogen and oxygen atoms in total. The van der Waals surface area contributed by atoms with E-state index in [1.807, 2.05) is 36.4 Å². The van der Waals surface area contributed by atoms with Gasteiger partial charge in [0, 0.05) is 16.2 Å². The van der Waals surface area contributed by atoms with E-state index < -0.39 is 0 Å². The molecule has 0 heterocycles. The lowest BCUT2D eigenvalue weighted by atomic mass is 9.99. The van der Waals surface area contributed by atoms with Crippen LogP contribution in [0.3, 0.4) is 0 Å². The molecule has 0 spiro atoms. The van der Waals surface area contributed by atoms with Gasteiger partial charge in [0.1, 0.15) is 11.5 Å². The third-order valence-electron chi connectivity index (χ3n) is 3.84. The summed E-state index contributed by atoms with van der Waals surface area (Å²) in [6, 6.07) is 11.8. The molecule has 0 radical (unpaired) electrons. The molecule has 0 fully saturated rings. The molecule has 22 heavy (non-hydrogen) atoms. The number of fused-ring (bicyclic) bond motifs is 2. The topological polar surface area (TPSA) is 36.9 Å². The maximum Gasteiger partial charge on any atom is 0.172 e. The molecule has 0 aliphatic rings. The first-order valence-corrected chi connectivity index (χ1v) is 6.94. The number of methoxy groups -OCH3 is 4. The minimum atomic E-state index is 0.640. The fourth-order valence-corrected chi connectivity index (χ4v) is 2.93. The average molecular weight is 298 g/mol. The highest BCUT2D eigenvalue weighted by Gasteiger charge is 2.20. The molecule has 0 unspecified atom stereocenters. The van der Waals surface area contributed by atoms with Crippen LogP contribution in [0.4, 0.5) is 0 Å². The van der Waals surface area contributed by atoms with E-state index in [0.29, 0.717) is 11.5 Å². The maximum absolute atomic E-state index is 5.69. The molecule has 3 rings (SSSR count). The first kappa shape index (κ1) is 14.3. The molecule has 0 aromatic heterocycles. The molecular weight excluding hydrogens is 280 g/mol. The van der Waals surface area contributed by atoms with Gasteiger partial charge in [0.2, 0.25) is 0 Å². The zero-order valence-corrected chi connectivity index (χ0v) is 13.1. The summed E-state index contributed by atoms with van der Waals surface area (Å²) in [5, 5.41) is 3.75. The van der Waals surface area contributed by atoms with Gasteiger partial charge in [-0.1, -0.05) is 24.3 Å². The van der Waals surface area contributed by atoms with Crippen molar-refractivity contribution in [2.24, 2.45) is 0 Å². The van der Waals surface area contributed by atoms with Crippen LogP contribution < -0.4 is 18.9 Å². The Labute approximate surface area is 129 Å². The van der Waals surface area contributed by atoms with Crippen molar-refractivity contribution < 1.29 is 18.9 Å². The summed E-state index contributed by atoms with van der Waals surface area (Å²) in [5.41, 5.74) is 0. The molecule has 0 saturated heterocycles. The predicted molar refractivity (Wildman–Crippen MR) is 87.7 cm³/mol. The largest absolute Gasteiger partial charge is 0.495 e. The first-order chi connectivity index (χ1) is 10.8. The number of ether oxygens (including phenoxy) is 4. The van der Waals surface area contributed by atoms with Gasteiger partial charge >= 0.3 is 0 Å². The predicted octanol–water partition coefficient (Wildman–Crippen LogP) is 4.03. The van der Waals surface area contributed by atoms with Gasteiger partial charge in [0.15, 0.2) is 11.5 Å². The van der Waals surface area contributed by atoms with E-state index >= 15 is 0 Å². The molecule has 0 bridgehead atoms. The van der Waals surface area contributed by atoms with Crippen LogP contribution in [-0.2, 0) is 0 Å². The number of benzene rings is 3. The Hall–Kier alpha value is -2.62. The van der Waals surface area contributed by atoms with Crippen molar-refractivity contribution in [3.05, 3.63) is 36.4 Å². The molecule has 114 valence electrons. The fourth-order valence-electron chi connectivity index (χ4n) is 2.93. The summed E-state index contributed by atoms with van der Waals surface area (Å²) in [4.78, 5) is 0. The van der Waals surface area contributed by atoms with E-state index in [1.165, 1.54) is 0 Å². The van der Waals surface area contributed by atoms with E-state index in [4.69, 9.17) is 18.9 Å². The average Bonchev–Trinajstić information content (AvgIpc) is 2.58. The maximum atomic E-state index is 5.69. The van der Waals surface area contributed by atoms with Crippen molar-refractivity contribution in [2.75, 3.05) is 28.4 Å². The normalized spacial score (nSPS) is 10.7. The summed E-state index contributed by atoms with van der Waals surface area (Å²) in [7, 11) is 6.57. The number of hydrogen-bond donors (Lipinski definition) is 0. The van der Waals surface area contributed by atoms with Gasteiger partial charge in [-0.3, -0.25) is 0 Å². The van der Waals surface area contributed by atoms with Gasteiger partial charge in [-0.05, 0) is 12.1 Å². The quantitative estimate of drug-likeness (QED) is 0.682. The van der Waals surface area contributed by atoms with Crippen molar-refractivity contribution in [3.63, 3.8) is 0 Å². The molecule has 0 aliphatic heterocycles. The summed E-state index contributed by atoms with van der Waals surface area (Å²) >= 11 is 0.